The zero-order valence-electron chi connectivity index (χ0n) is 11.2. The van der Waals surface area contributed by atoms with Gasteiger partial charge >= 0.3 is 6.09 Å². The predicted octanol–water partition coefficient (Wildman–Crippen LogP) is 1.95. The molecule has 4 nitrogen and oxygen atoms in total. The Morgan fingerprint density at radius 3 is 2.65 bits per heavy atom. The molecule has 1 saturated heterocycles. The largest absolute Gasteiger partial charge is 0.444 e. The molecular weight excluding hydrogens is 223 g/mol. The van der Waals surface area contributed by atoms with Crippen molar-refractivity contribution in [1.29, 1.82) is 0 Å². The maximum Gasteiger partial charge on any atom is 0.407 e. The second-order valence-electron chi connectivity index (χ2n) is 5.82. The molecule has 0 aromatic heterocycles. The van der Waals surface area contributed by atoms with Gasteiger partial charge in [0.15, 0.2) is 0 Å². The Labute approximate surface area is 102 Å². The van der Waals surface area contributed by atoms with Crippen LogP contribution in [0.4, 0.5) is 9.18 Å². The van der Waals surface area contributed by atoms with Crippen LogP contribution in [-0.2, 0) is 4.74 Å². The summed E-state index contributed by atoms with van der Waals surface area (Å²) in [5.74, 6) is 0. The fourth-order valence-corrected chi connectivity index (χ4v) is 1.94. The van der Waals surface area contributed by atoms with Crippen LogP contribution in [0.25, 0.3) is 0 Å². The second-order valence-corrected chi connectivity index (χ2v) is 5.82. The van der Waals surface area contributed by atoms with Crippen LogP contribution in [0.2, 0.25) is 0 Å². The number of alkyl carbamates (subject to hydrolysis) is 1. The molecule has 1 aliphatic heterocycles. The van der Waals surface area contributed by atoms with Crippen molar-refractivity contribution in [2.45, 2.75) is 44.9 Å². The molecule has 1 fully saturated rings. The van der Waals surface area contributed by atoms with Gasteiger partial charge in [-0.05, 0) is 34.2 Å². The first-order valence-corrected chi connectivity index (χ1v) is 6.05. The highest BCUT2D eigenvalue weighted by Gasteiger charge is 2.36. The maximum absolute atomic E-state index is 14.1. The SMILES string of the molecule is CN1CCC(F)(CCNC(=O)OC(C)(C)C)C1. The Bertz CT molecular complexity index is 278. The minimum Gasteiger partial charge on any atom is -0.444 e. The maximum atomic E-state index is 14.1. The first kappa shape index (κ1) is 14.2. The van der Waals surface area contributed by atoms with Crippen molar-refractivity contribution in [2.75, 3.05) is 26.7 Å². The molecule has 0 aliphatic carbocycles. The number of hydrogen-bond donors (Lipinski definition) is 1. The molecule has 17 heavy (non-hydrogen) atoms. The standard InChI is InChI=1S/C12H23FN2O2/c1-11(2,3)17-10(16)14-7-5-12(13)6-8-15(4)9-12/h5-9H2,1-4H3,(H,14,16). The van der Waals surface area contributed by atoms with Crippen LogP contribution in [-0.4, -0.2) is 48.9 Å². The van der Waals surface area contributed by atoms with Crippen LogP contribution >= 0.6 is 0 Å². The molecule has 0 bridgehead atoms. The zero-order chi connectivity index (χ0) is 13.1. The normalized spacial score (nSPS) is 25.9. The van der Waals surface area contributed by atoms with Gasteiger partial charge in [-0.25, -0.2) is 9.18 Å². The summed E-state index contributed by atoms with van der Waals surface area (Å²) in [6.45, 7) is 6.95. The van der Waals surface area contributed by atoms with Gasteiger partial charge in [-0.3, -0.25) is 0 Å². The number of nitrogens with zero attached hydrogens (tertiary/aromatic N) is 1. The van der Waals surface area contributed by atoms with Crippen molar-refractivity contribution in [2.24, 2.45) is 0 Å². The Hall–Kier alpha value is -0.840. The quantitative estimate of drug-likeness (QED) is 0.827. The third-order valence-corrected chi connectivity index (χ3v) is 2.74. The van der Waals surface area contributed by atoms with Crippen LogP contribution < -0.4 is 5.32 Å². The summed E-state index contributed by atoms with van der Waals surface area (Å²) < 4.78 is 19.2. The van der Waals surface area contributed by atoms with Crippen LogP contribution in [0.15, 0.2) is 0 Å². The van der Waals surface area contributed by atoms with Crippen LogP contribution in [0, 0.1) is 0 Å². The number of likely N-dealkylation sites (tertiary alicyclic amines) is 1. The van der Waals surface area contributed by atoms with Gasteiger partial charge in [-0.1, -0.05) is 0 Å². The first-order chi connectivity index (χ1) is 7.70. The van der Waals surface area contributed by atoms with E-state index in [1.165, 1.54) is 0 Å². The summed E-state index contributed by atoms with van der Waals surface area (Å²) in [6, 6.07) is 0. The molecule has 1 N–H and O–H groups in total. The van der Waals surface area contributed by atoms with E-state index in [-0.39, 0.29) is 0 Å². The molecule has 1 atom stereocenters. The fraction of sp³-hybridized carbons (Fsp3) is 0.917. The van der Waals surface area contributed by atoms with Crippen molar-refractivity contribution in [3.05, 3.63) is 0 Å². The Kier molecular flexibility index (Phi) is 4.36. The van der Waals surface area contributed by atoms with Gasteiger partial charge in [0.05, 0.1) is 0 Å². The van der Waals surface area contributed by atoms with E-state index in [2.05, 4.69) is 5.32 Å². The highest BCUT2D eigenvalue weighted by Crippen LogP contribution is 2.27. The summed E-state index contributed by atoms with van der Waals surface area (Å²) in [4.78, 5) is 13.3. The molecule has 0 radical (unpaired) electrons. The molecule has 1 unspecified atom stereocenters. The molecule has 1 amide bonds. The smallest absolute Gasteiger partial charge is 0.407 e. The van der Waals surface area contributed by atoms with E-state index in [1.807, 2.05) is 11.9 Å². The highest BCUT2D eigenvalue weighted by molar-refractivity contribution is 5.67. The number of carbonyl (C=O) groups is 1. The number of ether oxygens (including phenoxy) is 1. The lowest BCUT2D eigenvalue weighted by molar-refractivity contribution is 0.0515. The van der Waals surface area contributed by atoms with E-state index in [9.17, 15) is 9.18 Å². The lowest BCUT2D eigenvalue weighted by Gasteiger charge is -2.22. The first-order valence-electron chi connectivity index (χ1n) is 6.05. The van der Waals surface area contributed by atoms with E-state index in [4.69, 9.17) is 4.74 Å². The molecule has 100 valence electrons. The summed E-state index contributed by atoms with van der Waals surface area (Å²) in [6.07, 6.45) is 0.406. The number of hydrogen-bond acceptors (Lipinski definition) is 3. The molecule has 0 saturated carbocycles. The summed E-state index contributed by atoms with van der Waals surface area (Å²) in [5.41, 5.74) is -1.67. The third kappa shape index (κ3) is 5.35. The Morgan fingerprint density at radius 1 is 1.53 bits per heavy atom. The molecule has 0 aromatic carbocycles. The predicted molar refractivity (Wildman–Crippen MR) is 64.8 cm³/mol. The molecule has 0 aromatic rings. The van der Waals surface area contributed by atoms with E-state index in [0.717, 1.165) is 6.54 Å². The monoisotopic (exact) mass is 246 g/mol. The summed E-state index contributed by atoms with van der Waals surface area (Å²) in [5, 5.41) is 2.59. The molecule has 1 aliphatic rings. The Morgan fingerprint density at radius 2 is 2.18 bits per heavy atom. The average Bonchev–Trinajstić information content (AvgIpc) is 2.43. The second kappa shape index (κ2) is 5.21. The van der Waals surface area contributed by atoms with Gasteiger partial charge in [-0.15, -0.1) is 0 Å². The van der Waals surface area contributed by atoms with Crippen molar-refractivity contribution >= 4 is 6.09 Å². The van der Waals surface area contributed by atoms with Gasteiger partial charge in [0.1, 0.15) is 11.3 Å². The van der Waals surface area contributed by atoms with Gasteiger partial charge in [0.25, 0.3) is 0 Å². The van der Waals surface area contributed by atoms with Crippen molar-refractivity contribution < 1.29 is 13.9 Å². The lowest BCUT2D eigenvalue weighted by Crippen LogP contribution is -2.36. The van der Waals surface area contributed by atoms with E-state index in [0.29, 0.717) is 25.9 Å². The number of rotatable bonds is 3. The molecule has 1 rings (SSSR count). The average molecular weight is 246 g/mol. The number of nitrogens with one attached hydrogen (secondary N) is 1. The third-order valence-electron chi connectivity index (χ3n) is 2.74. The van der Waals surface area contributed by atoms with E-state index >= 15 is 0 Å². The summed E-state index contributed by atoms with van der Waals surface area (Å²) >= 11 is 0. The van der Waals surface area contributed by atoms with Gasteiger partial charge in [0.2, 0.25) is 0 Å². The number of amides is 1. The summed E-state index contributed by atoms with van der Waals surface area (Å²) in [7, 11) is 1.91. The molecular formula is C12H23FN2O2. The molecule has 5 heteroatoms. The number of alkyl halides is 1. The highest BCUT2D eigenvalue weighted by atomic mass is 19.1. The molecule has 0 spiro atoms. The van der Waals surface area contributed by atoms with E-state index in [1.54, 1.807) is 20.8 Å². The minimum atomic E-state index is -1.16. The van der Waals surface area contributed by atoms with Gasteiger partial charge in [0, 0.05) is 26.1 Å². The van der Waals surface area contributed by atoms with Crippen molar-refractivity contribution in [3.63, 3.8) is 0 Å². The number of halogens is 1. The minimum absolute atomic E-state index is 0.319. The lowest BCUT2D eigenvalue weighted by atomic mass is 10.0. The Balaban J connectivity index is 2.22. The van der Waals surface area contributed by atoms with E-state index < -0.39 is 17.4 Å². The molecule has 1 heterocycles. The van der Waals surface area contributed by atoms with Crippen LogP contribution in [0.5, 0.6) is 0 Å². The fourth-order valence-electron chi connectivity index (χ4n) is 1.94. The zero-order valence-corrected chi connectivity index (χ0v) is 11.2. The van der Waals surface area contributed by atoms with Gasteiger partial charge < -0.3 is 15.0 Å². The van der Waals surface area contributed by atoms with Gasteiger partial charge in [-0.2, -0.15) is 0 Å². The van der Waals surface area contributed by atoms with Crippen molar-refractivity contribution in [1.82, 2.24) is 10.2 Å². The topological polar surface area (TPSA) is 41.6 Å². The number of carbonyl (C=O) groups excluding carboxylic acids is 1. The van der Waals surface area contributed by atoms with Crippen molar-refractivity contribution in [3.8, 4) is 0 Å². The van der Waals surface area contributed by atoms with Crippen LogP contribution in [0.1, 0.15) is 33.6 Å². The van der Waals surface area contributed by atoms with Crippen LogP contribution in [0.3, 0.4) is 0 Å².